The van der Waals surface area contributed by atoms with Gasteiger partial charge in [0.15, 0.2) is 0 Å². The van der Waals surface area contributed by atoms with Crippen molar-refractivity contribution in [2.24, 2.45) is 0 Å². The molecule has 1 aromatic rings. The maximum Gasteiger partial charge on any atom is 0.268 e. The average molecular weight is 242 g/mol. The second kappa shape index (κ2) is 5.14. The van der Waals surface area contributed by atoms with E-state index in [2.05, 4.69) is 0 Å². The van der Waals surface area contributed by atoms with Gasteiger partial charge in [0.05, 0.1) is 12.9 Å². The van der Waals surface area contributed by atoms with Crippen LogP contribution in [0.15, 0.2) is 29.8 Å². The van der Waals surface area contributed by atoms with Gasteiger partial charge in [0.1, 0.15) is 5.75 Å². The van der Waals surface area contributed by atoms with Gasteiger partial charge in [0.25, 0.3) is 10.1 Å². The van der Waals surface area contributed by atoms with Crippen LogP contribution in [0.3, 0.4) is 0 Å². The van der Waals surface area contributed by atoms with E-state index in [4.69, 9.17) is 9.29 Å². The number of hydrogen-bond acceptors (Lipinski definition) is 3. The summed E-state index contributed by atoms with van der Waals surface area (Å²) in [6, 6.07) is 7.19. The molecule has 0 unspecified atom stereocenters. The molecule has 0 aliphatic rings. The summed E-state index contributed by atoms with van der Waals surface area (Å²) in [5, 5.41) is 0. The standard InChI is InChI=1S/C11H14O4S/c1-9(8-16(12,13)14)7-10-3-5-11(15-2)6-4-10/h3-7H,8H2,1-2H3,(H,12,13,14). The first-order chi connectivity index (χ1) is 7.40. The van der Waals surface area contributed by atoms with Crippen molar-refractivity contribution >= 4 is 16.2 Å². The molecule has 0 radical (unpaired) electrons. The normalized spacial score (nSPS) is 12.6. The molecule has 0 aliphatic heterocycles. The molecule has 1 rings (SSSR count). The van der Waals surface area contributed by atoms with Gasteiger partial charge in [-0.2, -0.15) is 8.42 Å². The summed E-state index contributed by atoms with van der Waals surface area (Å²) in [7, 11) is -2.37. The molecule has 0 fully saturated rings. The minimum absolute atomic E-state index is 0.348. The summed E-state index contributed by atoms with van der Waals surface area (Å²) in [5.74, 6) is 0.392. The SMILES string of the molecule is COc1ccc(C=C(C)CS(=O)(=O)O)cc1. The van der Waals surface area contributed by atoms with Gasteiger partial charge in [-0.3, -0.25) is 4.55 Å². The van der Waals surface area contributed by atoms with E-state index >= 15 is 0 Å². The van der Waals surface area contributed by atoms with Crippen molar-refractivity contribution in [1.29, 1.82) is 0 Å². The molecule has 16 heavy (non-hydrogen) atoms. The van der Waals surface area contributed by atoms with Crippen molar-refractivity contribution in [1.82, 2.24) is 0 Å². The van der Waals surface area contributed by atoms with Gasteiger partial charge in [-0.15, -0.1) is 0 Å². The maximum absolute atomic E-state index is 10.6. The number of rotatable bonds is 4. The molecule has 5 heteroatoms. The first-order valence-electron chi connectivity index (χ1n) is 4.67. The third-order valence-electron chi connectivity index (χ3n) is 1.94. The van der Waals surface area contributed by atoms with Gasteiger partial charge in [-0.25, -0.2) is 0 Å². The highest BCUT2D eigenvalue weighted by atomic mass is 32.2. The molecule has 0 atom stereocenters. The summed E-state index contributed by atoms with van der Waals surface area (Å²) in [6.45, 7) is 1.65. The van der Waals surface area contributed by atoms with Crippen LogP contribution in [0.5, 0.6) is 5.75 Å². The minimum Gasteiger partial charge on any atom is -0.497 e. The molecule has 88 valence electrons. The molecule has 0 saturated carbocycles. The number of methoxy groups -OCH3 is 1. The van der Waals surface area contributed by atoms with Crippen LogP contribution in [-0.4, -0.2) is 25.8 Å². The lowest BCUT2D eigenvalue weighted by Crippen LogP contribution is -2.04. The van der Waals surface area contributed by atoms with E-state index in [1.54, 1.807) is 32.2 Å². The Morgan fingerprint density at radius 3 is 2.38 bits per heavy atom. The highest BCUT2D eigenvalue weighted by molar-refractivity contribution is 7.86. The fourth-order valence-corrected chi connectivity index (χ4v) is 1.97. The van der Waals surface area contributed by atoms with Crippen LogP contribution in [0.2, 0.25) is 0 Å². The van der Waals surface area contributed by atoms with Gasteiger partial charge in [0, 0.05) is 0 Å². The highest BCUT2D eigenvalue weighted by Crippen LogP contribution is 2.14. The molecule has 0 heterocycles. The number of ether oxygens (including phenoxy) is 1. The Bertz CT molecular complexity index is 471. The Morgan fingerprint density at radius 1 is 1.38 bits per heavy atom. The van der Waals surface area contributed by atoms with Crippen LogP contribution in [0.1, 0.15) is 12.5 Å². The Hall–Kier alpha value is -1.33. The molecule has 1 N–H and O–H groups in total. The zero-order valence-corrected chi connectivity index (χ0v) is 9.99. The average Bonchev–Trinajstić information content (AvgIpc) is 2.16. The van der Waals surface area contributed by atoms with Crippen molar-refractivity contribution in [3.8, 4) is 5.75 Å². The molecule has 0 aromatic heterocycles. The predicted octanol–water partition coefficient (Wildman–Crippen LogP) is 1.99. The monoisotopic (exact) mass is 242 g/mol. The summed E-state index contributed by atoms with van der Waals surface area (Å²) >= 11 is 0. The third-order valence-corrected chi connectivity index (χ3v) is 2.76. The summed E-state index contributed by atoms with van der Waals surface area (Å²) in [4.78, 5) is 0. The van der Waals surface area contributed by atoms with Crippen LogP contribution in [0.25, 0.3) is 6.08 Å². The zero-order chi connectivity index (χ0) is 12.2. The lowest BCUT2D eigenvalue weighted by Gasteiger charge is -2.01. The molecule has 0 aliphatic carbocycles. The number of hydrogen-bond donors (Lipinski definition) is 1. The van der Waals surface area contributed by atoms with Crippen LogP contribution in [0.4, 0.5) is 0 Å². The highest BCUT2D eigenvalue weighted by Gasteiger charge is 2.05. The molecule has 0 saturated heterocycles. The van der Waals surface area contributed by atoms with Gasteiger partial charge >= 0.3 is 0 Å². The van der Waals surface area contributed by atoms with Crippen molar-refractivity contribution < 1.29 is 17.7 Å². The van der Waals surface area contributed by atoms with E-state index in [1.165, 1.54) is 0 Å². The molecule has 0 spiro atoms. The van der Waals surface area contributed by atoms with Gasteiger partial charge in [0.2, 0.25) is 0 Å². The Morgan fingerprint density at radius 2 is 1.94 bits per heavy atom. The summed E-state index contributed by atoms with van der Waals surface area (Å²) < 4.78 is 34.9. The predicted molar refractivity (Wildman–Crippen MR) is 63.1 cm³/mol. The Balaban J connectivity index is 2.82. The molecule has 4 nitrogen and oxygen atoms in total. The Labute approximate surface area is 95.3 Å². The van der Waals surface area contributed by atoms with E-state index < -0.39 is 10.1 Å². The van der Waals surface area contributed by atoms with Crippen LogP contribution in [-0.2, 0) is 10.1 Å². The van der Waals surface area contributed by atoms with Crippen molar-refractivity contribution in [3.63, 3.8) is 0 Å². The van der Waals surface area contributed by atoms with Crippen molar-refractivity contribution in [2.75, 3.05) is 12.9 Å². The zero-order valence-electron chi connectivity index (χ0n) is 9.17. The van der Waals surface area contributed by atoms with Crippen LogP contribution in [0, 0.1) is 0 Å². The summed E-state index contributed by atoms with van der Waals surface area (Å²) in [5.41, 5.74) is 1.44. The molecule has 1 aromatic carbocycles. The molecule has 0 bridgehead atoms. The van der Waals surface area contributed by atoms with Crippen LogP contribution < -0.4 is 4.74 Å². The first-order valence-corrected chi connectivity index (χ1v) is 6.28. The molecular weight excluding hydrogens is 228 g/mol. The Kier molecular flexibility index (Phi) is 4.09. The molecular formula is C11H14O4S. The fourth-order valence-electron chi connectivity index (χ4n) is 1.31. The maximum atomic E-state index is 10.6. The van der Waals surface area contributed by atoms with Gasteiger partial charge in [-0.05, 0) is 24.6 Å². The van der Waals surface area contributed by atoms with Crippen LogP contribution >= 0.6 is 0 Å². The van der Waals surface area contributed by atoms with Crippen molar-refractivity contribution in [3.05, 3.63) is 35.4 Å². The second-order valence-electron chi connectivity index (χ2n) is 3.49. The molecule has 0 amide bonds. The lowest BCUT2D eigenvalue weighted by atomic mass is 10.1. The fraction of sp³-hybridized carbons (Fsp3) is 0.273. The van der Waals surface area contributed by atoms with Gasteiger partial charge < -0.3 is 4.74 Å². The van der Waals surface area contributed by atoms with E-state index in [-0.39, 0.29) is 5.75 Å². The first kappa shape index (κ1) is 12.7. The minimum atomic E-state index is -3.95. The number of benzene rings is 1. The summed E-state index contributed by atoms with van der Waals surface area (Å²) in [6.07, 6.45) is 1.70. The largest absolute Gasteiger partial charge is 0.497 e. The quantitative estimate of drug-likeness (QED) is 0.820. The van der Waals surface area contributed by atoms with Crippen molar-refractivity contribution in [2.45, 2.75) is 6.92 Å². The van der Waals surface area contributed by atoms with E-state index in [9.17, 15) is 8.42 Å². The van der Waals surface area contributed by atoms with Gasteiger partial charge in [-0.1, -0.05) is 23.8 Å². The third kappa shape index (κ3) is 4.46. The smallest absolute Gasteiger partial charge is 0.268 e. The topological polar surface area (TPSA) is 63.6 Å². The van der Waals surface area contributed by atoms with E-state index in [0.29, 0.717) is 5.57 Å². The van der Waals surface area contributed by atoms with E-state index in [1.807, 2.05) is 12.1 Å². The van der Waals surface area contributed by atoms with E-state index in [0.717, 1.165) is 11.3 Å². The second-order valence-corrected chi connectivity index (χ2v) is 4.94. The lowest BCUT2D eigenvalue weighted by molar-refractivity contribution is 0.415.